The Hall–Kier alpha value is -2.50. The van der Waals surface area contributed by atoms with E-state index in [1.807, 2.05) is 13.0 Å². The molecule has 2 aromatic rings. The molecule has 0 aliphatic carbocycles. The van der Waals surface area contributed by atoms with Crippen molar-refractivity contribution in [1.29, 1.82) is 0 Å². The zero-order valence-corrected chi connectivity index (χ0v) is 13.1. The van der Waals surface area contributed by atoms with Gasteiger partial charge in [0.1, 0.15) is 12.4 Å². The highest BCUT2D eigenvalue weighted by Gasteiger charge is 2.30. The van der Waals surface area contributed by atoms with Crippen molar-refractivity contribution in [3.8, 4) is 5.75 Å². The van der Waals surface area contributed by atoms with Gasteiger partial charge in [0.05, 0.1) is 5.56 Å². The standard InChI is InChI=1S/C18H17F3O3/c1-12-9-13(6-8-17(22)23)5-7-16(12)24-11-14-3-2-4-15(10-14)18(19,20)21/h2-5,7,9-10H,6,8,11H2,1H3,(H,22,23). The highest BCUT2D eigenvalue weighted by atomic mass is 19.4. The number of aliphatic carboxylic acids is 1. The molecule has 0 aromatic heterocycles. The number of hydrogen-bond donors (Lipinski definition) is 1. The van der Waals surface area contributed by atoms with Gasteiger partial charge in [-0.15, -0.1) is 0 Å². The summed E-state index contributed by atoms with van der Waals surface area (Å²) in [6, 6.07) is 10.3. The van der Waals surface area contributed by atoms with Crippen LogP contribution in [0.2, 0.25) is 0 Å². The Morgan fingerprint density at radius 3 is 2.50 bits per heavy atom. The van der Waals surface area contributed by atoms with Crippen molar-refractivity contribution >= 4 is 5.97 Å². The van der Waals surface area contributed by atoms with E-state index in [1.54, 1.807) is 18.2 Å². The van der Waals surface area contributed by atoms with Gasteiger partial charge in [0, 0.05) is 6.42 Å². The first-order valence-corrected chi connectivity index (χ1v) is 7.36. The van der Waals surface area contributed by atoms with Crippen molar-refractivity contribution in [2.75, 3.05) is 0 Å². The smallest absolute Gasteiger partial charge is 0.416 e. The number of hydrogen-bond acceptors (Lipinski definition) is 2. The summed E-state index contributed by atoms with van der Waals surface area (Å²) in [5.41, 5.74) is 1.41. The molecule has 0 bridgehead atoms. The topological polar surface area (TPSA) is 46.5 Å². The fourth-order valence-corrected chi connectivity index (χ4v) is 2.28. The molecular formula is C18H17F3O3. The number of halogens is 3. The predicted octanol–water partition coefficient (Wildman–Crippen LogP) is 4.61. The van der Waals surface area contributed by atoms with Crippen LogP contribution >= 0.6 is 0 Å². The molecular weight excluding hydrogens is 321 g/mol. The Kier molecular flexibility index (Phi) is 5.49. The lowest BCUT2D eigenvalue weighted by Crippen LogP contribution is -2.06. The zero-order chi connectivity index (χ0) is 17.7. The van der Waals surface area contributed by atoms with Gasteiger partial charge in [-0.1, -0.05) is 24.3 Å². The molecule has 24 heavy (non-hydrogen) atoms. The summed E-state index contributed by atoms with van der Waals surface area (Å²) in [4.78, 5) is 10.6. The fourth-order valence-electron chi connectivity index (χ4n) is 2.28. The maximum atomic E-state index is 12.7. The Morgan fingerprint density at radius 1 is 1.12 bits per heavy atom. The van der Waals surface area contributed by atoms with E-state index in [2.05, 4.69) is 0 Å². The quantitative estimate of drug-likeness (QED) is 0.837. The second kappa shape index (κ2) is 7.38. The van der Waals surface area contributed by atoms with E-state index in [1.165, 1.54) is 6.07 Å². The van der Waals surface area contributed by atoms with Crippen LogP contribution in [0.5, 0.6) is 5.75 Å². The summed E-state index contributed by atoms with van der Waals surface area (Å²) in [6.07, 6.45) is -3.91. The number of carbonyl (C=O) groups is 1. The molecule has 0 saturated carbocycles. The second-order valence-electron chi connectivity index (χ2n) is 5.48. The number of alkyl halides is 3. The van der Waals surface area contributed by atoms with E-state index >= 15 is 0 Å². The van der Waals surface area contributed by atoms with Gasteiger partial charge in [-0.25, -0.2) is 0 Å². The first kappa shape index (κ1) is 17.8. The molecule has 0 radical (unpaired) electrons. The van der Waals surface area contributed by atoms with E-state index in [4.69, 9.17) is 9.84 Å². The van der Waals surface area contributed by atoms with Crippen LogP contribution in [0.15, 0.2) is 42.5 Å². The summed E-state index contributed by atoms with van der Waals surface area (Å²) in [5, 5.41) is 8.68. The molecule has 3 nitrogen and oxygen atoms in total. The summed E-state index contributed by atoms with van der Waals surface area (Å²) in [7, 11) is 0. The van der Waals surface area contributed by atoms with Crippen LogP contribution in [0.25, 0.3) is 0 Å². The van der Waals surface area contributed by atoms with Crippen LogP contribution in [0.4, 0.5) is 13.2 Å². The highest BCUT2D eigenvalue weighted by molar-refractivity contribution is 5.67. The molecule has 0 unspecified atom stereocenters. The molecule has 1 N–H and O–H groups in total. The van der Waals surface area contributed by atoms with E-state index in [-0.39, 0.29) is 13.0 Å². The average Bonchev–Trinajstić information content (AvgIpc) is 2.51. The van der Waals surface area contributed by atoms with Crippen LogP contribution in [0, 0.1) is 6.92 Å². The summed E-state index contributed by atoms with van der Waals surface area (Å²) >= 11 is 0. The highest BCUT2D eigenvalue weighted by Crippen LogP contribution is 2.30. The number of benzene rings is 2. The minimum Gasteiger partial charge on any atom is -0.489 e. The third-order valence-corrected chi connectivity index (χ3v) is 3.52. The lowest BCUT2D eigenvalue weighted by molar-refractivity contribution is -0.138. The van der Waals surface area contributed by atoms with Crippen molar-refractivity contribution in [3.05, 3.63) is 64.7 Å². The van der Waals surface area contributed by atoms with Crippen LogP contribution in [0.1, 0.15) is 28.7 Å². The zero-order valence-electron chi connectivity index (χ0n) is 13.1. The van der Waals surface area contributed by atoms with Gasteiger partial charge in [-0.2, -0.15) is 13.2 Å². The largest absolute Gasteiger partial charge is 0.489 e. The average molecular weight is 338 g/mol. The third kappa shape index (κ3) is 5.01. The molecule has 0 heterocycles. The Balaban J connectivity index is 2.03. The molecule has 0 atom stereocenters. The first-order valence-electron chi connectivity index (χ1n) is 7.36. The molecule has 0 aliphatic rings. The minimum atomic E-state index is -4.38. The Morgan fingerprint density at radius 2 is 1.88 bits per heavy atom. The Bertz CT molecular complexity index is 724. The molecule has 0 fully saturated rings. The van der Waals surface area contributed by atoms with E-state index < -0.39 is 17.7 Å². The molecule has 2 aromatic carbocycles. The molecule has 0 saturated heterocycles. The van der Waals surface area contributed by atoms with Crippen molar-refractivity contribution < 1.29 is 27.8 Å². The number of aryl methyl sites for hydroxylation is 2. The summed E-state index contributed by atoms with van der Waals surface area (Å²) < 4.78 is 43.6. The molecule has 0 amide bonds. The van der Waals surface area contributed by atoms with Crippen LogP contribution in [-0.2, 0) is 24.0 Å². The maximum absolute atomic E-state index is 12.7. The minimum absolute atomic E-state index is 0.0270. The van der Waals surface area contributed by atoms with Crippen LogP contribution in [0.3, 0.4) is 0 Å². The maximum Gasteiger partial charge on any atom is 0.416 e. The van der Waals surface area contributed by atoms with Crippen molar-refractivity contribution in [3.63, 3.8) is 0 Å². The number of rotatable bonds is 6. The van der Waals surface area contributed by atoms with Crippen molar-refractivity contribution in [2.45, 2.75) is 32.5 Å². The number of ether oxygens (including phenoxy) is 1. The molecule has 0 spiro atoms. The third-order valence-electron chi connectivity index (χ3n) is 3.52. The van der Waals surface area contributed by atoms with Gasteiger partial charge in [0.2, 0.25) is 0 Å². The van der Waals surface area contributed by atoms with Crippen molar-refractivity contribution in [2.24, 2.45) is 0 Å². The van der Waals surface area contributed by atoms with Gasteiger partial charge < -0.3 is 9.84 Å². The van der Waals surface area contributed by atoms with Crippen LogP contribution in [-0.4, -0.2) is 11.1 Å². The van der Waals surface area contributed by atoms with E-state index in [0.29, 0.717) is 17.7 Å². The van der Waals surface area contributed by atoms with Gasteiger partial charge in [-0.05, 0) is 48.2 Å². The molecule has 0 aliphatic heterocycles. The van der Waals surface area contributed by atoms with E-state index in [9.17, 15) is 18.0 Å². The normalized spacial score (nSPS) is 11.3. The number of carboxylic acid groups (broad SMARTS) is 1. The Labute approximate surface area is 137 Å². The lowest BCUT2D eigenvalue weighted by atomic mass is 10.1. The lowest BCUT2D eigenvalue weighted by Gasteiger charge is -2.12. The number of carboxylic acids is 1. The van der Waals surface area contributed by atoms with Gasteiger partial charge in [-0.3, -0.25) is 4.79 Å². The second-order valence-corrected chi connectivity index (χ2v) is 5.48. The molecule has 128 valence electrons. The van der Waals surface area contributed by atoms with Crippen molar-refractivity contribution in [1.82, 2.24) is 0 Å². The monoisotopic (exact) mass is 338 g/mol. The van der Waals surface area contributed by atoms with Gasteiger partial charge in [0.15, 0.2) is 0 Å². The van der Waals surface area contributed by atoms with Crippen LogP contribution < -0.4 is 4.74 Å². The van der Waals surface area contributed by atoms with Gasteiger partial charge in [0.25, 0.3) is 0 Å². The predicted molar refractivity (Wildman–Crippen MR) is 82.9 cm³/mol. The van der Waals surface area contributed by atoms with Gasteiger partial charge >= 0.3 is 12.1 Å². The first-order chi connectivity index (χ1) is 11.3. The summed E-state index contributed by atoms with van der Waals surface area (Å²) in [6.45, 7) is 1.84. The molecule has 6 heteroatoms. The SMILES string of the molecule is Cc1cc(CCC(=O)O)ccc1OCc1cccc(C(F)(F)F)c1. The summed E-state index contributed by atoms with van der Waals surface area (Å²) in [5.74, 6) is -0.302. The fraction of sp³-hybridized carbons (Fsp3) is 0.278. The van der Waals surface area contributed by atoms with E-state index in [0.717, 1.165) is 23.3 Å². The molecule has 2 rings (SSSR count).